The molecule has 1 N–H and O–H groups in total. The molecule has 0 aliphatic rings. The van der Waals surface area contributed by atoms with Gasteiger partial charge in [-0.2, -0.15) is 4.98 Å². The first-order valence-corrected chi connectivity index (χ1v) is 7.91. The van der Waals surface area contributed by atoms with Gasteiger partial charge in [-0.15, -0.1) is 0 Å². The summed E-state index contributed by atoms with van der Waals surface area (Å²) in [5.74, 6) is 2.13. The number of aromatic nitrogens is 2. The van der Waals surface area contributed by atoms with Crippen LogP contribution in [0, 0.1) is 0 Å². The largest absolute Gasteiger partial charge is 0.439 e. The number of nitrogens with zero attached hydrogens (tertiary/aromatic N) is 2. The summed E-state index contributed by atoms with van der Waals surface area (Å²) in [5.41, 5.74) is 1.29. The van der Waals surface area contributed by atoms with Crippen molar-refractivity contribution < 1.29 is 4.74 Å². The van der Waals surface area contributed by atoms with E-state index in [0.717, 1.165) is 24.5 Å². The predicted octanol–water partition coefficient (Wildman–Crippen LogP) is 3.99. The number of rotatable bonds is 6. The Kier molecular flexibility index (Phi) is 5.24. The van der Waals surface area contributed by atoms with E-state index < -0.39 is 0 Å². The number of ether oxygens (including phenoxy) is 1. The molecule has 0 unspecified atom stereocenters. The minimum atomic E-state index is 0.560. The van der Waals surface area contributed by atoms with Crippen molar-refractivity contribution in [1.29, 1.82) is 0 Å². The molecule has 0 amide bonds. The third kappa shape index (κ3) is 3.87. The molecule has 0 aliphatic heterocycles. The van der Waals surface area contributed by atoms with Crippen LogP contribution in [0.5, 0.6) is 11.6 Å². The third-order valence-corrected chi connectivity index (χ3v) is 3.32. The molecule has 0 radical (unpaired) electrons. The highest BCUT2D eigenvalue weighted by molar-refractivity contribution is 7.98. The molecule has 0 saturated heterocycles. The van der Waals surface area contributed by atoms with Gasteiger partial charge in [0.25, 0.3) is 0 Å². The molecule has 0 bridgehead atoms. The van der Waals surface area contributed by atoms with E-state index in [2.05, 4.69) is 34.3 Å². The van der Waals surface area contributed by atoms with Crippen molar-refractivity contribution in [1.82, 2.24) is 9.97 Å². The van der Waals surface area contributed by atoms with Gasteiger partial charge in [0.05, 0.1) is 0 Å². The summed E-state index contributed by atoms with van der Waals surface area (Å²) in [6, 6.07) is 9.88. The van der Waals surface area contributed by atoms with Gasteiger partial charge in [-0.1, -0.05) is 30.8 Å². The fraction of sp³-hybridized carbons (Fsp3) is 0.333. The zero-order chi connectivity index (χ0) is 14.4. The molecule has 20 heavy (non-hydrogen) atoms. The average molecular weight is 289 g/mol. The number of thioether (sulfide) groups is 1. The van der Waals surface area contributed by atoms with Gasteiger partial charge in [-0.3, -0.25) is 0 Å². The van der Waals surface area contributed by atoms with Gasteiger partial charge in [0, 0.05) is 12.6 Å². The molecule has 1 aromatic heterocycles. The maximum Gasteiger partial charge on any atom is 0.225 e. The zero-order valence-corrected chi connectivity index (χ0v) is 12.8. The van der Waals surface area contributed by atoms with Crippen LogP contribution in [-0.2, 0) is 6.42 Å². The summed E-state index contributed by atoms with van der Waals surface area (Å²) < 4.78 is 5.80. The van der Waals surface area contributed by atoms with Gasteiger partial charge in [0.15, 0.2) is 5.16 Å². The molecule has 0 spiro atoms. The third-order valence-electron chi connectivity index (χ3n) is 2.78. The minimum absolute atomic E-state index is 0.560. The van der Waals surface area contributed by atoms with Gasteiger partial charge in [0.1, 0.15) is 11.6 Å². The molecule has 106 valence electrons. The lowest BCUT2D eigenvalue weighted by Crippen LogP contribution is -2.02. The van der Waals surface area contributed by atoms with Gasteiger partial charge in [-0.05, 0) is 37.3 Å². The topological polar surface area (TPSA) is 47.0 Å². The normalized spacial score (nSPS) is 10.3. The fourth-order valence-electron chi connectivity index (χ4n) is 1.73. The molecule has 0 saturated carbocycles. The second kappa shape index (κ2) is 7.14. The SMILES string of the molecule is CCNc1cc(Oc2ccc(CC)cc2)nc(SC)n1. The van der Waals surface area contributed by atoms with E-state index in [-0.39, 0.29) is 0 Å². The molecule has 0 atom stereocenters. The number of anilines is 1. The Hall–Kier alpha value is -1.75. The van der Waals surface area contributed by atoms with E-state index in [4.69, 9.17) is 4.74 Å². The van der Waals surface area contributed by atoms with E-state index in [1.165, 1.54) is 17.3 Å². The molecule has 1 heterocycles. The Labute approximate surface area is 124 Å². The standard InChI is InChI=1S/C15H19N3OS/c1-4-11-6-8-12(9-7-11)19-14-10-13(16-5-2)17-15(18-14)20-3/h6-10H,4-5H2,1-3H3,(H,16,17,18). The Balaban J connectivity index is 2.20. The Morgan fingerprint density at radius 1 is 1.15 bits per heavy atom. The summed E-state index contributed by atoms with van der Waals surface area (Å²) in [6.07, 6.45) is 2.97. The second-order valence-corrected chi connectivity index (χ2v) is 4.98. The summed E-state index contributed by atoms with van der Waals surface area (Å²) in [5, 5.41) is 3.88. The molecule has 2 rings (SSSR count). The number of nitrogens with one attached hydrogen (secondary N) is 1. The van der Waals surface area contributed by atoms with Gasteiger partial charge in [0.2, 0.25) is 5.88 Å². The van der Waals surface area contributed by atoms with E-state index in [1.54, 1.807) is 0 Å². The first kappa shape index (κ1) is 14.7. The van der Waals surface area contributed by atoms with Crippen LogP contribution in [0.15, 0.2) is 35.5 Å². The van der Waals surface area contributed by atoms with Crippen molar-refractivity contribution in [3.05, 3.63) is 35.9 Å². The summed E-state index contributed by atoms with van der Waals surface area (Å²) in [4.78, 5) is 8.73. The van der Waals surface area contributed by atoms with E-state index in [0.29, 0.717) is 11.0 Å². The lowest BCUT2D eigenvalue weighted by Gasteiger charge is -2.09. The number of aryl methyl sites for hydroxylation is 1. The Morgan fingerprint density at radius 3 is 2.50 bits per heavy atom. The molecule has 5 heteroatoms. The molecular weight excluding hydrogens is 270 g/mol. The van der Waals surface area contributed by atoms with Crippen LogP contribution in [0.4, 0.5) is 5.82 Å². The number of benzene rings is 1. The van der Waals surface area contributed by atoms with Crippen LogP contribution < -0.4 is 10.1 Å². The van der Waals surface area contributed by atoms with Gasteiger partial charge in [-0.25, -0.2) is 4.98 Å². The molecule has 0 fully saturated rings. The number of hydrogen-bond donors (Lipinski definition) is 1. The first-order chi connectivity index (χ1) is 9.75. The van der Waals surface area contributed by atoms with Crippen molar-refractivity contribution in [3.63, 3.8) is 0 Å². The van der Waals surface area contributed by atoms with Crippen molar-refractivity contribution in [2.24, 2.45) is 0 Å². The molecule has 2 aromatic rings. The van der Waals surface area contributed by atoms with Crippen LogP contribution in [0.1, 0.15) is 19.4 Å². The van der Waals surface area contributed by atoms with Crippen LogP contribution in [0.25, 0.3) is 0 Å². The van der Waals surface area contributed by atoms with Crippen LogP contribution in [0.2, 0.25) is 0 Å². The number of hydrogen-bond acceptors (Lipinski definition) is 5. The fourth-order valence-corrected chi connectivity index (χ4v) is 2.10. The Morgan fingerprint density at radius 2 is 1.90 bits per heavy atom. The summed E-state index contributed by atoms with van der Waals surface area (Å²) in [6.45, 7) is 4.98. The highest BCUT2D eigenvalue weighted by Gasteiger charge is 2.05. The van der Waals surface area contributed by atoms with E-state index in [9.17, 15) is 0 Å². The monoisotopic (exact) mass is 289 g/mol. The maximum absolute atomic E-state index is 5.80. The summed E-state index contributed by atoms with van der Waals surface area (Å²) >= 11 is 1.50. The van der Waals surface area contributed by atoms with Gasteiger partial charge < -0.3 is 10.1 Å². The molecule has 4 nitrogen and oxygen atoms in total. The lowest BCUT2D eigenvalue weighted by molar-refractivity contribution is 0.456. The van der Waals surface area contributed by atoms with E-state index >= 15 is 0 Å². The maximum atomic E-state index is 5.80. The highest BCUT2D eigenvalue weighted by Crippen LogP contribution is 2.24. The quantitative estimate of drug-likeness (QED) is 0.643. The smallest absolute Gasteiger partial charge is 0.225 e. The Bertz CT molecular complexity index is 558. The zero-order valence-electron chi connectivity index (χ0n) is 12.0. The van der Waals surface area contributed by atoms with Gasteiger partial charge >= 0.3 is 0 Å². The van der Waals surface area contributed by atoms with Crippen molar-refractivity contribution >= 4 is 17.6 Å². The molecule has 1 aromatic carbocycles. The average Bonchev–Trinajstić information content (AvgIpc) is 2.48. The minimum Gasteiger partial charge on any atom is -0.439 e. The molecular formula is C15H19N3OS. The van der Waals surface area contributed by atoms with Crippen LogP contribution in [-0.4, -0.2) is 22.8 Å². The van der Waals surface area contributed by atoms with Crippen molar-refractivity contribution in [2.75, 3.05) is 18.1 Å². The second-order valence-electron chi connectivity index (χ2n) is 4.21. The molecule has 0 aliphatic carbocycles. The van der Waals surface area contributed by atoms with Crippen LogP contribution >= 0.6 is 11.8 Å². The van der Waals surface area contributed by atoms with Crippen LogP contribution in [0.3, 0.4) is 0 Å². The van der Waals surface area contributed by atoms with E-state index in [1.807, 2.05) is 31.4 Å². The lowest BCUT2D eigenvalue weighted by atomic mass is 10.2. The highest BCUT2D eigenvalue weighted by atomic mass is 32.2. The van der Waals surface area contributed by atoms with Crippen molar-refractivity contribution in [3.8, 4) is 11.6 Å². The summed E-state index contributed by atoms with van der Waals surface area (Å²) in [7, 11) is 0. The first-order valence-electron chi connectivity index (χ1n) is 6.69. The predicted molar refractivity (Wildman–Crippen MR) is 83.9 cm³/mol. The van der Waals surface area contributed by atoms with Crippen molar-refractivity contribution in [2.45, 2.75) is 25.4 Å².